The molecule has 100 valence electrons. The molecule has 0 unspecified atom stereocenters. The van der Waals surface area contributed by atoms with Crippen molar-refractivity contribution in [3.63, 3.8) is 0 Å². The van der Waals surface area contributed by atoms with Gasteiger partial charge in [-0.15, -0.1) is 0 Å². The van der Waals surface area contributed by atoms with E-state index in [0.29, 0.717) is 11.9 Å². The number of hydrogen-bond acceptors (Lipinski definition) is 4. The van der Waals surface area contributed by atoms with Gasteiger partial charge in [-0.3, -0.25) is 9.58 Å². The predicted molar refractivity (Wildman–Crippen MR) is 74.2 cm³/mol. The molecule has 1 saturated heterocycles. The Bertz CT molecular complexity index is 545. The van der Waals surface area contributed by atoms with Crippen LogP contribution in [0.3, 0.4) is 0 Å². The first-order valence-electron chi connectivity index (χ1n) is 6.66. The minimum atomic E-state index is 0.463. The molecule has 2 aromatic rings. The fraction of sp³-hybridized carbons (Fsp3) is 0.429. The minimum Gasteiger partial charge on any atom is -0.384 e. The first kappa shape index (κ1) is 12.2. The van der Waals surface area contributed by atoms with Gasteiger partial charge in [0.05, 0.1) is 11.7 Å². The van der Waals surface area contributed by atoms with Crippen molar-refractivity contribution in [2.24, 2.45) is 7.05 Å². The fourth-order valence-electron chi connectivity index (χ4n) is 2.83. The second-order valence-corrected chi connectivity index (χ2v) is 5.10. The highest BCUT2D eigenvalue weighted by Gasteiger charge is 2.27. The first-order valence-corrected chi connectivity index (χ1v) is 6.66. The van der Waals surface area contributed by atoms with E-state index in [-0.39, 0.29) is 0 Å². The number of aromatic nitrogens is 3. The van der Waals surface area contributed by atoms with E-state index in [2.05, 4.69) is 27.1 Å². The predicted octanol–water partition coefficient (Wildman–Crippen LogP) is 1.73. The highest BCUT2D eigenvalue weighted by molar-refractivity contribution is 5.29. The number of nitrogen functional groups attached to an aromatic ring is 1. The molecular weight excluding hydrogens is 238 g/mol. The molecule has 5 nitrogen and oxygen atoms in total. The second-order valence-electron chi connectivity index (χ2n) is 5.10. The van der Waals surface area contributed by atoms with E-state index in [1.165, 1.54) is 24.1 Å². The van der Waals surface area contributed by atoms with Crippen LogP contribution in [0.5, 0.6) is 0 Å². The van der Waals surface area contributed by atoms with Gasteiger partial charge in [0.1, 0.15) is 5.82 Å². The Kier molecular flexibility index (Phi) is 3.21. The number of nitrogens with zero attached hydrogens (tertiary/aromatic N) is 4. The first-order chi connectivity index (χ1) is 9.24. The largest absolute Gasteiger partial charge is 0.384 e. The number of pyridine rings is 1. The zero-order valence-electron chi connectivity index (χ0n) is 11.2. The van der Waals surface area contributed by atoms with Gasteiger partial charge < -0.3 is 5.73 Å². The topological polar surface area (TPSA) is 60.0 Å². The summed E-state index contributed by atoms with van der Waals surface area (Å²) in [6.45, 7) is 2.04. The minimum absolute atomic E-state index is 0.463. The lowest BCUT2D eigenvalue weighted by Gasteiger charge is -2.24. The van der Waals surface area contributed by atoms with Crippen LogP contribution in [0.15, 0.2) is 30.6 Å². The normalized spacial score (nSPS) is 19.9. The summed E-state index contributed by atoms with van der Waals surface area (Å²) in [5, 5.41) is 4.28. The van der Waals surface area contributed by atoms with Crippen LogP contribution in [0.25, 0.3) is 0 Å². The van der Waals surface area contributed by atoms with E-state index in [4.69, 9.17) is 5.73 Å². The van der Waals surface area contributed by atoms with Crippen LogP contribution in [0.2, 0.25) is 0 Å². The van der Waals surface area contributed by atoms with Crippen molar-refractivity contribution in [3.05, 3.63) is 41.9 Å². The molecule has 0 bridgehead atoms. The average molecular weight is 257 g/mol. The highest BCUT2D eigenvalue weighted by Crippen LogP contribution is 2.32. The quantitative estimate of drug-likeness (QED) is 0.909. The maximum absolute atomic E-state index is 5.62. The zero-order valence-corrected chi connectivity index (χ0v) is 11.2. The van der Waals surface area contributed by atoms with Gasteiger partial charge in [-0.05, 0) is 37.1 Å². The molecular formula is C14H19N5. The van der Waals surface area contributed by atoms with Gasteiger partial charge in [0, 0.05) is 26.0 Å². The van der Waals surface area contributed by atoms with Crippen LogP contribution in [-0.2, 0) is 13.6 Å². The monoisotopic (exact) mass is 257 g/mol. The average Bonchev–Trinajstić information content (AvgIpc) is 3.01. The lowest BCUT2D eigenvalue weighted by atomic mass is 10.1. The third-order valence-corrected chi connectivity index (χ3v) is 3.80. The van der Waals surface area contributed by atoms with Crippen LogP contribution >= 0.6 is 0 Å². The smallest absolute Gasteiger partial charge is 0.123 e. The van der Waals surface area contributed by atoms with Crippen molar-refractivity contribution in [2.45, 2.75) is 25.4 Å². The van der Waals surface area contributed by atoms with E-state index in [0.717, 1.165) is 13.1 Å². The van der Waals surface area contributed by atoms with E-state index >= 15 is 0 Å². The molecule has 0 saturated carbocycles. The number of anilines is 1. The van der Waals surface area contributed by atoms with Crippen LogP contribution in [-0.4, -0.2) is 26.2 Å². The molecule has 1 fully saturated rings. The number of likely N-dealkylation sites (tertiary alicyclic amines) is 1. The number of hydrogen-bond donors (Lipinski definition) is 1. The van der Waals surface area contributed by atoms with Gasteiger partial charge in [0.2, 0.25) is 0 Å². The van der Waals surface area contributed by atoms with Crippen molar-refractivity contribution < 1.29 is 0 Å². The molecule has 1 aliphatic rings. The Morgan fingerprint density at radius 3 is 2.95 bits per heavy atom. The standard InChI is InChI=1S/C14H19N5/c1-18-12(6-7-17-18)13-3-2-8-19(13)10-11-4-5-14(15)16-9-11/h4-7,9,13H,2-3,8,10H2,1H3,(H2,15,16)/t13-/m0/s1. The van der Waals surface area contributed by atoms with Crippen molar-refractivity contribution in [1.82, 2.24) is 19.7 Å². The summed E-state index contributed by atoms with van der Waals surface area (Å²) < 4.78 is 1.98. The van der Waals surface area contributed by atoms with Gasteiger partial charge >= 0.3 is 0 Å². The van der Waals surface area contributed by atoms with Gasteiger partial charge in [0.15, 0.2) is 0 Å². The molecule has 3 heterocycles. The van der Waals surface area contributed by atoms with E-state index in [1.54, 1.807) is 0 Å². The van der Waals surface area contributed by atoms with E-state index in [1.807, 2.05) is 30.2 Å². The van der Waals surface area contributed by atoms with Crippen LogP contribution in [0.1, 0.15) is 30.1 Å². The molecule has 1 aliphatic heterocycles. The fourth-order valence-corrected chi connectivity index (χ4v) is 2.83. The lowest BCUT2D eigenvalue weighted by Crippen LogP contribution is -2.24. The van der Waals surface area contributed by atoms with Gasteiger partial charge in [0.25, 0.3) is 0 Å². The lowest BCUT2D eigenvalue weighted by molar-refractivity contribution is 0.239. The summed E-state index contributed by atoms with van der Waals surface area (Å²) >= 11 is 0. The van der Waals surface area contributed by atoms with Crippen molar-refractivity contribution >= 4 is 5.82 Å². The Hall–Kier alpha value is -1.88. The van der Waals surface area contributed by atoms with Gasteiger partial charge in [-0.2, -0.15) is 5.10 Å². The van der Waals surface area contributed by atoms with Gasteiger partial charge in [-0.25, -0.2) is 4.98 Å². The summed E-state index contributed by atoms with van der Waals surface area (Å²) in [5.41, 5.74) is 8.13. The molecule has 0 aliphatic carbocycles. The van der Waals surface area contributed by atoms with E-state index < -0.39 is 0 Å². The zero-order chi connectivity index (χ0) is 13.2. The van der Waals surface area contributed by atoms with Crippen LogP contribution < -0.4 is 5.73 Å². The molecule has 3 rings (SSSR count). The van der Waals surface area contributed by atoms with E-state index in [9.17, 15) is 0 Å². The number of nitrogens with two attached hydrogens (primary N) is 1. The molecule has 0 radical (unpaired) electrons. The maximum Gasteiger partial charge on any atom is 0.123 e. The third-order valence-electron chi connectivity index (χ3n) is 3.80. The molecule has 0 aromatic carbocycles. The Labute approximate surface area is 113 Å². The van der Waals surface area contributed by atoms with Crippen LogP contribution in [0, 0.1) is 0 Å². The Morgan fingerprint density at radius 1 is 1.37 bits per heavy atom. The molecule has 2 aromatic heterocycles. The highest BCUT2D eigenvalue weighted by atomic mass is 15.3. The summed E-state index contributed by atoms with van der Waals surface area (Å²) in [6, 6.07) is 6.50. The summed E-state index contributed by atoms with van der Waals surface area (Å²) in [7, 11) is 2.01. The third kappa shape index (κ3) is 2.46. The maximum atomic E-state index is 5.62. The SMILES string of the molecule is Cn1nccc1[C@@H]1CCCN1Cc1ccc(N)nc1. The molecule has 2 N–H and O–H groups in total. The molecule has 0 amide bonds. The molecule has 5 heteroatoms. The Balaban J connectivity index is 1.77. The summed E-state index contributed by atoms with van der Waals surface area (Å²) in [5.74, 6) is 0.577. The number of aryl methyl sites for hydroxylation is 1. The van der Waals surface area contributed by atoms with Crippen molar-refractivity contribution in [2.75, 3.05) is 12.3 Å². The summed E-state index contributed by atoms with van der Waals surface area (Å²) in [6.07, 6.45) is 6.17. The molecule has 19 heavy (non-hydrogen) atoms. The molecule has 0 spiro atoms. The van der Waals surface area contributed by atoms with Crippen molar-refractivity contribution in [3.8, 4) is 0 Å². The van der Waals surface area contributed by atoms with Crippen molar-refractivity contribution in [1.29, 1.82) is 0 Å². The second kappa shape index (κ2) is 5.01. The van der Waals surface area contributed by atoms with Gasteiger partial charge in [-0.1, -0.05) is 6.07 Å². The van der Waals surface area contributed by atoms with Crippen LogP contribution in [0.4, 0.5) is 5.82 Å². The Morgan fingerprint density at radius 2 is 2.26 bits per heavy atom. The summed E-state index contributed by atoms with van der Waals surface area (Å²) in [4.78, 5) is 6.65. The molecule has 1 atom stereocenters. The number of rotatable bonds is 3.